The molecule has 0 fully saturated rings. The van der Waals surface area contributed by atoms with Crippen molar-refractivity contribution in [2.24, 2.45) is 0 Å². The number of nitrogens with one attached hydrogen (secondary N) is 1. The summed E-state index contributed by atoms with van der Waals surface area (Å²) in [4.78, 5) is 11.7. The third-order valence-corrected chi connectivity index (χ3v) is 3.38. The van der Waals surface area contributed by atoms with Crippen molar-refractivity contribution in [3.05, 3.63) is 71.3 Å². The van der Waals surface area contributed by atoms with Gasteiger partial charge in [-0.25, -0.2) is 0 Å². The van der Waals surface area contributed by atoms with Crippen molar-refractivity contribution in [1.29, 1.82) is 0 Å². The van der Waals surface area contributed by atoms with Gasteiger partial charge in [-0.15, -0.1) is 0 Å². The van der Waals surface area contributed by atoms with Crippen LogP contribution in [-0.4, -0.2) is 17.6 Å². The Balaban J connectivity index is 1.69. The molecule has 0 bridgehead atoms. The van der Waals surface area contributed by atoms with Crippen molar-refractivity contribution in [3.63, 3.8) is 0 Å². The normalized spacial score (nSPS) is 10.8. The van der Waals surface area contributed by atoms with E-state index in [4.69, 9.17) is 0 Å². The van der Waals surface area contributed by atoms with Gasteiger partial charge in [-0.2, -0.15) is 0 Å². The summed E-state index contributed by atoms with van der Waals surface area (Å²) >= 11 is 0. The summed E-state index contributed by atoms with van der Waals surface area (Å²) in [5.74, 6) is 0.199. The van der Waals surface area contributed by atoms with Crippen LogP contribution >= 0.6 is 0 Å². The highest BCUT2D eigenvalue weighted by Crippen LogP contribution is 2.10. The molecule has 0 radical (unpaired) electrons. The van der Waals surface area contributed by atoms with Crippen LogP contribution in [-0.2, 0) is 11.2 Å². The molecule has 0 saturated carbocycles. The van der Waals surface area contributed by atoms with Gasteiger partial charge in [0.2, 0.25) is 5.91 Å². The lowest BCUT2D eigenvalue weighted by Crippen LogP contribution is -2.22. The standard InChI is InChI=1S/C19H21NO2/c1-15-4-6-17(7-5-15)10-13-19(22)20-14-2-3-16-8-11-18(21)12-9-16/h4-13,21H,2-3,14H2,1H3,(H,20,22)/b13-10+. The molecule has 2 N–H and O–H groups in total. The summed E-state index contributed by atoms with van der Waals surface area (Å²) in [6, 6.07) is 15.2. The number of carbonyl (C=O) groups excluding carboxylic acids is 1. The maximum atomic E-state index is 11.7. The number of carbonyl (C=O) groups is 1. The molecule has 0 aromatic heterocycles. The second-order valence-electron chi connectivity index (χ2n) is 5.31. The zero-order chi connectivity index (χ0) is 15.8. The molecule has 0 unspecified atom stereocenters. The third kappa shape index (κ3) is 5.44. The highest BCUT2D eigenvalue weighted by Gasteiger charge is 1.97. The van der Waals surface area contributed by atoms with Crippen LogP contribution in [0.2, 0.25) is 0 Å². The zero-order valence-electron chi connectivity index (χ0n) is 12.8. The molecule has 0 atom stereocenters. The van der Waals surface area contributed by atoms with Gasteiger partial charge in [-0.3, -0.25) is 4.79 Å². The van der Waals surface area contributed by atoms with Gasteiger partial charge in [0.1, 0.15) is 5.75 Å². The molecular weight excluding hydrogens is 274 g/mol. The largest absolute Gasteiger partial charge is 0.508 e. The monoisotopic (exact) mass is 295 g/mol. The molecule has 0 aliphatic rings. The molecule has 22 heavy (non-hydrogen) atoms. The van der Waals surface area contributed by atoms with E-state index >= 15 is 0 Å². The van der Waals surface area contributed by atoms with Crippen LogP contribution in [0.5, 0.6) is 5.75 Å². The summed E-state index contributed by atoms with van der Waals surface area (Å²) in [6.07, 6.45) is 5.12. The molecular formula is C19H21NO2. The lowest BCUT2D eigenvalue weighted by atomic mass is 10.1. The van der Waals surface area contributed by atoms with Crippen LogP contribution < -0.4 is 5.32 Å². The summed E-state index contributed by atoms with van der Waals surface area (Å²) in [7, 11) is 0. The fourth-order valence-electron chi connectivity index (χ4n) is 2.08. The Bertz CT molecular complexity index is 627. The van der Waals surface area contributed by atoms with Crippen LogP contribution in [0.4, 0.5) is 0 Å². The van der Waals surface area contributed by atoms with E-state index in [2.05, 4.69) is 5.32 Å². The van der Waals surface area contributed by atoms with Crippen LogP contribution in [0, 0.1) is 6.92 Å². The molecule has 0 heterocycles. The Kier molecular flexibility index (Phi) is 5.78. The zero-order valence-corrected chi connectivity index (χ0v) is 12.8. The Morgan fingerprint density at radius 2 is 1.77 bits per heavy atom. The predicted molar refractivity (Wildman–Crippen MR) is 89.7 cm³/mol. The lowest BCUT2D eigenvalue weighted by molar-refractivity contribution is -0.116. The minimum absolute atomic E-state index is 0.0775. The first-order chi connectivity index (χ1) is 10.6. The van der Waals surface area contributed by atoms with E-state index in [-0.39, 0.29) is 11.7 Å². The smallest absolute Gasteiger partial charge is 0.243 e. The molecule has 2 aromatic carbocycles. The number of benzene rings is 2. The van der Waals surface area contributed by atoms with Crippen LogP contribution in [0.25, 0.3) is 6.08 Å². The summed E-state index contributed by atoms with van der Waals surface area (Å²) in [6.45, 7) is 2.67. The summed E-state index contributed by atoms with van der Waals surface area (Å²) in [5.41, 5.74) is 3.38. The van der Waals surface area contributed by atoms with Gasteiger partial charge in [-0.1, -0.05) is 42.0 Å². The molecule has 0 saturated heterocycles. The van der Waals surface area contributed by atoms with E-state index < -0.39 is 0 Å². The Labute approximate surface area is 131 Å². The Hall–Kier alpha value is -2.55. The minimum atomic E-state index is -0.0775. The molecule has 3 nitrogen and oxygen atoms in total. The van der Waals surface area contributed by atoms with Crippen molar-refractivity contribution < 1.29 is 9.90 Å². The first kappa shape index (κ1) is 15.8. The molecule has 0 spiro atoms. The number of aryl methyl sites for hydroxylation is 2. The predicted octanol–water partition coefficient (Wildman–Crippen LogP) is 3.46. The molecule has 2 aromatic rings. The average Bonchev–Trinajstić information content (AvgIpc) is 2.53. The molecule has 1 amide bonds. The van der Waals surface area contributed by atoms with Gasteiger partial charge in [0.25, 0.3) is 0 Å². The Morgan fingerprint density at radius 1 is 1.09 bits per heavy atom. The number of phenolic OH excluding ortho intramolecular Hbond substituents is 1. The van der Waals surface area contributed by atoms with E-state index in [9.17, 15) is 9.90 Å². The van der Waals surface area contributed by atoms with Crippen LogP contribution in [0.3, 0.4) is 0 Å². The SMILES string of the molecule is Cc1ccc(/C=C/C(=O)NCCCc2ccc(O)cc2)cc1. The minimum Gasteiger partial charge on any atom is -0.508 e. The van der Waals surface area contributed by atoms with Gasteiger partial charge >= 0.3 is 0 Å². The molecule has 0 aliphatic carbocycles. The maximum absolute atomic E-state index is 11.7. The van der Waals surface area contributed by atoms with Gasteiger partial charge in [0.15, 0.2) is 0 Å². The molecule has 3 heteroatoms. The van der Waals surface area contributed by atoms with Gasteiger partial charge in [0, 0.05) is 12.6 Å². The third-order valence-electron chi connectivity index (χ3n) is 3.38. The number of aromatic hydroxyl groups is 1. The van der Waals surface area contributed by atoms with E-state index in [1.165, 1.54) is 5.56 Å². The fourth-order valence-corrected chi connectivity index (χ4v) is 2.08. The van der Waals surface area contributed by atoms with E-state index in [1.807, 2.05) is 49.4 Å². The van der Waals surface area contributed by atoms with Gasteiger partial charge < -0.3 is 10.4 Å². The second kappa shape index (κ2) is 8.03. The van der Waals surface area contributed by atoms with Crippen molar-refractivity contribution in [3.8, 4) is 5.75 Å². The van der Waals surface area contributed by atoms with Crippen LogP contribution in [0.1, 0.15) is 23.1 Å². The molecule has 114 valence electrons. The highest BCUT2D eigenvalue weighted by molar-refractivity contribution is 5.91. The molecule has 2 rings (SSSR count). The topological polar surface area (TPSA) is 49.3 Å². The first-order valence-electron chi connectivity index (χ1n) is 7.44. The van der Waals surface area contributed by atoms with Gasteiger partial charge in [-0.05, 0) is 49.1 Å². The summed E-state index contributed by atoms with van der Waals surface area (Å²) in [5, 5.41) is 12.1. The number of rotatable bonds is 6. The quantitative estimate of drug-likeness (QED) is 0.633. The second-order valence-corrected chi connectivity index (χ2v) is 5.31. The number of hydrogen-bond acceptors (Lipinski definition) is 2. The number of amides is 1. The van der Waals surface area contributed by atoms with Gasteiger partial charge in [0.05, 0.1) is 0 Å². The van der Waals surface area contributed by atoms with E-state index in [0.29, 0.717) is 6.54 Å². The fraction of sp³-hybridized carbons (Fsp3) is 0.211. The van der Waals surface area contributed by atoms with Crippen molar-refractivity contribution in [1.82, 2.24) is 5.32 Å². The van der Waals surface area contributed by atoms with E-state index in [0.717, 1.165) is 24.0 Å². The summed E-state index contributed by atoms with van der Waals surface area (Å²) < 4.78 is 0. The molecule has 0 aliphatic heterocycles. The van der Waals surface area contributed by atoms with Crippen LogP contribution in [0.15, 0.2) is 54.6 Å². The number of hydrogen-bond donors (Lipinski definition) is 2. The Morgan fingerprint density at radius 3 is 2.45 bits per heavy atom. The van der Waals surface area contributed by atoms with E-state index in [1.54, 1.807) is 18.2 Å². The van der Waals surface area contributed by atoms with Crippen molar-refractivity contribution in [2.75, 3.05) is 6.54 Å². The maximum Gasteiger partial charge on any atom is 0.243 e. The number of phenols is 1. The van der Waals surface area contributed by atoms with Crippen molar-refractivity contribution in [2.45, 2.75) is 19.8 Å². The first-order valence-corrected chi connectivity index (χ1v) is 7.44. The van der Waals surface area contributed by atoms with Crippen molar-refractivity contribution >= 4 is 12.0 Å². The lowest BCUT2D eigenvalue weighted by Gasteiger charge is -2.03. The average molecular weight is 295 g/mol. The highest BCUT2D eigenvalue weighted by atomic mass is 16.3.